The van der Waals surface area contributed by atoms with Crippen LogP contribution in [-0.4, -0.2) is 31.8 Å². The van der Waals surface area contributed by atoms with Crippen LogP contribution in [0.3, 0.4) is 0 Å². The van der Waals surface area contributed by atoms with E-state index in [1.807, 2.05) is 13.8 Å². The zero-order valence-corrected chi connectivity index (χ0v) is 13.9. The monoisotopic (exact) mass is 357 g/mol. The summed E-state index contributed by atoms with van der Waals surface area (Å²) in [7, 11) is 0. The van der Waals surface area contributed by atoms with E-state index in [2.05, 4.69) is 24.2 Å². The molecule has 104 valence electrons. The summed E-state index contributed by atoms with van der Waals surface area (Å²) >= 11 is 0. The summed E-state index contributed by atoms with van der Waals surface area (Å²) in [5.41, 5.74) is 5.70. The van der Waals surface area contributed by atoms with E-state index in [0.29, 0.717) is 18.0 Å². The van der Waals surface area contributed by atoms with Gasteiger partial charge in [-0.05, 0) is 32.6 Å². The second kappa shape index (κ2) is 12.4. The van der Waals surface area contributed by atoms with E-state index in [-0.39, 0.29) is 24.0 Å². The highest BCUT2D eigenvalue weighted by molar-refractivity contribution is 14.0. The second-order valence-electron chi connectivity index (χ2n) is 4.65. The van der Waals surface area contributed by atoms with Crippen LogP contribution >= 0.6 is 24.0 Å². The van der Waals surface area contributed by atoms with Crippen LogP contribution in [0, 0.1) is 5.92 Å². The summed E-state index contributed by atoms with van der Waals surface area (Å²) in [6.45, 7) is 10.8. The third-order valence-corrected chi connectivity index (χ3v) is 2.06. The maximum Gasteiger partial charge on any atom is 0.188 e. The van der Waals surface area contributed by atoms with Crippen LogP contribution in [0.4, 0.5) is 0 Å². The third kappa shape index (κ3) is 16.0. The smallest absolute Gasteiger partial charge is 0.188 e. The Balaban J connectivity index is 0. The normalized spacial score (nSPS) is 11.8. The molecule has 17 heavy (non-hydrogen) atoms. The van der Waals surface area contributed by atoms with Gasteiger partial charge < -0.3 is 15.8 Å². The number of hydrogen-bond acceptors (Lipinski definition) is 2. The topological polar surface area (TPSA) is 59.6 Å². The maximum absolute atomic E-state index is 5.70. The number of nitrogens with two attached hydrogens (primary N) is 1. The van der Waals surface area contributed by atoms with E-state index in [1.165, 1.54) is 0 Å². The van der Waals surface area contributed by atoms with Crippen molar-refractivity contribution < 1.29 is 4.74 Å². The number of ether oxygens (including phenoxy) is 1. The van der Waals surface area contributed by atoms with E-state index in [4.69, 9.17) is 10.5 Å². The van der Waals surface area contributed by atoms with Crippen molar-refractivity contribution in [3.63, 3.8) is 0 Å². The first-order valence-electron chi connectivity index (χ1n) is 6.17. The van der Waals surface area contributed by atoms with Crippen LogP contribution in [0.1, 0.15) is 40.5 Å². The molecule has 0 saturated carbocycles. The fourth-order valence-corrected chi connectivity index (χ4v) is 1.13. The molecule has 0 spiro atoms. The molecule has 0 aliphatic heterocycles. The van der Waals surface area contributed by atoms with Gasteiger partial charge in [0.05, 0.1) is 6.10 Å². The van der Waals surface area contributed by atoms with Crippen LogP contribution in [0.25, 0.3) is 0 Å². The van der Waals surface area contributed by atoms with Gasteiger partial charge in [0.1, 0.15) is 0 Å². The molecular weight excluding hydrogens is 329 g/mol. The van der Waals surface area contributed by atoms with Crippen LogP contribution < -0.4 is 11.1 Å². The SMILES string of the molecule is CC(C)CCNC(N)=NCCCOC(C)C.I. The largest absolute Gasteiger partial charge is 0.379 e. The minimum absolute atomic E-state index is 0. The molecule has 0 aromatic rings. The highest BCUT2D eigenvalue weighted by atomic mass is 127. The molecule has 0 saturated heterocycles. The Hall–Kier alpha value is -0.0400. The van der Waals surface area contributed by atoms with Gasteiger partial charge in [-0.2, -0.15) is 0 Å². The molecule has 0 aromatic carbocycles. The van der Waals surface area contributed by atoms with Gasteiger partial charge in [-0.25, -0.2) is 0 Å². The predicted molar refractivity (Wildman–Crippen MR) is 85.1 cm³/mol. The number of rotatable bonds is 8. The molecule has 0 fully saturated rings. The van der Waals surface area contributed by atoms with Crippen molar-refractivity contribution in [2.45, 2.75) is 46.6 Å². The summed E-state index contributed by atoms with van der Waals surface area (Å²) in [5, 5.41) is 3.10. The predicted octanol–water partition coefficient (Wildman–Crippen LogP) is 2.37. The van der Waals surface area contributed by atoms with E-state index in [1.54, 1.807) is 0 Å². The number of guanidine groups is 1. The number of aliphatic imine (C=N–C) groups is 1. The average Bonchev–Trinajstić information content (AvgIpc) is 2.16. The van der Waals surface area contributed by atoms with Crippen LogP contribution in [0.5, 0.6) is 0 Å². The first-order valence-corrected chi connectivity index (χ1v) is 6.17. The quantitative estimate of drug-likeness (QED) is 0.304. The third-order valence-electron chi connectivity index (χ3n) is 2.06. The fourth-order valence-electron chi connectivity index (χ4n) is 1.13. The first kappa shape index (κ1) is 19.3. The molecular formula is C12H28IN3O. The van der Waals surface area contributed by atoms with Crippen molar-refractivity contribution in [1.29, 1.82) is 0 Å². The zero-order valence-electron chi connectivity index (χ0n) is 11.5. The van der Waals surface area contributed by atoms with Gasteiger partial charge in [0.15, 0.2) is 5.96 Å². The Labute approximate surface area is 123 Å². The Bertz CT molecular complexity index is 196. The molecule has 3 N–H and O–H groups in total. The Morgan fingerprint density at radius 1 is 1.29 bits per heavy atom. The summed E-state index contributed by atoms with van der Waals surface area (Å²) < 4.78 is 5.41. The molecule has 0 amide bonds. The number of nitrogens with one attached hydrogen (secondary N) is 1. The maximum atomic E-state index is 5.70. The number of nitrogens with zero attached hydrogens (tertiary/aromatic N) is 1. The number of hydrogen-bond donors (Lipinski definition) is 2. The average molecular weight is 357 g/mol. The molecule has 4 nitrogen and oxygen atoms in total. The van der Waals surface area contributed by atoms with Gasteiger partial charge in [-0.1, -0.05) is 13.8 Å². The summed E-state index contributed by atoms with van der Waals surface area (Å²) in [6.07, 6.45) is 2.34. The number of halogens is 1. The minimum Gasteiger partial charge on any atom is -0.379 e. The highest BCUT2D eigenvalue weighted by Gasteiger charge is 1.95. The van der Waals surface area contributed by atoms with E-state index in [9.17, 15) is 0 Å². The van der Waals surface area contributed by atoms with E-state index < -0.39 is 0 Å². The van der Waals surface area contributed by atoms with Crippen molar-refractivity contribution in [2.75, 3.05) is 19.7 Å². The van der Waals surface area contributed by atoms with Gasteiger partial charge in [-0.15, -0.1) is 24.0 Å². The summed E-state index contributed by atoms with van der Waals surface area (Å²) in [5.74, 6) is 1.24. The zero-order chi connectivity index (χ0) is 12.4. The lowest BCUT2D eigenvalue weighted by molar-refractivity contribution is 0.0783. The van der Waals surface area contributed by atoms with Gasteiger partial charge >= 0.3 is 0 Å². The van der Waals surface area contributed by atoms with Gasteiger partial charge in [0.2, 0.25) is 0 Å². The summed E-state index contributed by atoms with van der Waals surface area (Å²) in [6, 6.07) is 0. The molecule has 0 bridgehead atoms. The lowest BCUT2D eigenvalue weighted by atomic mass is 10.1. The molecule has 5 heteroatoms. The molecule has 0 atom stereocenters. The fraction of sp³-hybridized carbons (Fsp3) is 0.917. The van der Waals surface area contributed by atoms with Gasteiger partial charge in [0, 0.05) is 19.7 Å². The Morgan fingerprint density at radius 3 is 2.47 bits per heavy atom. The summed E-state index contributed by atoms with van der Waals surface area (Å²) in [4.78, 5) is 4.22. The van der Waals surface area contributed by atoms with Crippen molar-refractivity contribution in [1.82, 2.24) is 5.32 Å². The van der Waals surface area contributed by atoms with Crippen LogP contribution in [-0.2, 0) is 4.74 Å². The van der Waals surface area contributed by atoms with Gasteiger partial charge in [0.25, 0.3) is 0 Å². The molecule has 0 heterocycles. The Morgan fingerprint density at radius 2 is 1.94 bits per heavy atom. The molecule has 0 rings (SSSR count). The van der Waals surface area contributed by atoms with Crippen molar-refractivity contribution >= 4 is 29.9 Å². The van der Waals surface area contributed by atoms with Crippen molar-refractivity contribution in [3.8, 4) is 0 Å². The van der Waals surface area contributed by atoms with Gasteiger partial charge in [-0.3, -0.25) is 4.99 Å². The first-order chi connectivity index (χ1) is 7.52. The standard InChI is InChI=1S/C12H27N3O.HI/c1-10(2)6-8-15-12(13)14-7-5-9-16-11(3)4;/h10-11H,5-9H2,1-4H3,(H3,13,14,15);1H. The highest BCUT2D eigenvalue weighted by Crippen LogP contribution is 1.96. The van der Waals surface area contributed by atoms with E-state index >= 15 is 0 Å². The minimum atomic E-state index is 0. The van der Waals surface area contributed by atoms with Crippen molar-refractivity contribution in [3.05, 3.63) is 0 Å². The molecule has 0 aliphatic carbocycles. The Kier molecular flexibility index (Phi) is 14.1. The van der Waals surface area contributed by atoms with Crippen LogP contribution in [0.15, 0.2) is 4.99 Å². The molecule has 0 aromatic heterocycles. The second-order valence-corrected chi connectivity index (χ2v) is 4.65. The molecule has 0 aliphatic rings. The lowest BCUT2D eigenvalue weighted by Gasteiger charge is -2.08. The molecule has 0 unspecified atom stereocenters. The van der Waals surface area contributed by atoms with Crippen molar-refractivity contribution in [2.24, 2.45) is 16.6 Å². The lowest BCUT2D eigenvalue weighted by Crippen LogP contribution is -2.33. The molecule has 0 radical (unpaired) electrons. The van der Waals surface area contributed by atoms with E-state index in [0.717, 1.165) is 32.5 Å². The van der Waals surface area contributed by atoms with Crippen LogP contribution in [0.2, 0.25) is 0 Å².